The Morgan fingerprint density at radius 2 is 2.00 bits per heavy atom. The van der Waals surface area contributed by atoms with E-state index in [1.807, 2.05) is 6.92 Å². The zero-order valence-corrected chi connectivity index (χ0v) is 6.35. The molecule has 0 aromatic heterocycles. The van der Waals surface area contributed by atoms with Crippen molar-refractivity contribution in [3.63, 3.8) is 0 Å². The zero-order chi connectivity index (χ0) is 4.83. The highest BCUT2D eigenvalue weighted by atomic mass is 35.5. The molecule has 0 aromatic rings. The van der Waals surface area contributed by atoms with Crippen LogP contribution in [0.2, 0.25) is 0 Å². The predicted molar refractivity (Wildman–Crippen MR) is 38.1 cm³/mol. The van der Waals surface area contributed by atoms with Crippen molar-refractivity contribution in [2.24, 2.45) is 5.84 Å². The molecule has 0 aromatic carbocycles. The Morgan fingerprint density at radius 3 is 2.12 bits per heavy atom. The third-order valence-electron chi connectivity index (χ3n) is 0.390. The van der Waals surface area contributed by atoms with Crippen LogP contribution >= 0.6 is 24.8 Å². The van der Waals surface area contributed by atoms with Crippen LogP contribution in [0.3, 0.4) is 0 Å². The molecule has 0 rings (SSSR count). The van der Waals surface area contributed by atoms with Crippen molar-refractivity contribution in [1.82, 2.24) is 5.59 Å². The summed E-state index contributed by atoms with van der Waals surface area (Å²) in [6.07, 6.45) is 0.990. The summed E-state index contributed by atoms with van der Waals surface area (Å²) in [6, 6.07) is 0. The third-order valence-corrected chi connectivity index (χ3v) is 0.390. The molecule has 0 atom stereocenters. The molecule has 0 bridgehead atoms. The molecule has 0 radical (unpaired) electrons. The van der Waals surface area contributed by atoms with Gasteiger partial charge < -0.3 is 0 Å². The Bertz CT molecular complexity index is 27.2. The quantitative estimate of drug-likeness (QED) is 0.364. The van der Waals surface area contributed by atoms with E-state index in [1.165, 1.54) is 0 Å². The molecule has 0 aliphatic heterocycles. The zero-order valence-electron chi connectivity index (χ0n) is 4.72. The molecule has 0 saturated carbocycles. The van der Waals surface area contributed by atoms with Crippen LogP contribution in [-0.4, -0.2) is 6.61 Å². The van der Waals surface area contributed by atoms with E-state index in [4.69, 9.17) is 5.84 Å². The number of hydrogen-bond donors (Lipinski definition) is 2. The molecule has 0 heterocycles. The first-order valence-corrected chi connectivity index (χ1v) is 1.99. The first kappa shape index (κ1) is 15.8. The van der Waals surface area contributed by atoms with E-state index in [1.54, 1.807) is 0 Å². The van der Waals surface area contributed by atoms with Gasteiger partial charge in [0.15, 0.2) is 0 Å². The molecule has 8 heavy (non-hydrogen) atoms. The maximum atomic E-state index is 4.74. The maximum absolute atomic E-state index is 4.74. The van der Waals surface area contributed by atoms with Gasteiger partial charge in [0.05, 0.1) is 6.61 Å². The summed E-state index contributed by atoms with van der Waals surface area (Å²) in [7, 11) is 0. The average molecular weight is 163 g/mol. The lowest BCUT2D eigenvalue weighted by Gasteiger charge is -1.92. The van der Waals surface area contributed by atoms with E-state index < -0.39 is 0 Å². The fraction of sp³-hybridized carbons (Fsp3) is 1.00. The summed E-state index contributed by atoms with van der Waals surface area (Å²) in [5.41, 5.74) is 2.07. The number of rotatable bonds is 3. The number of nitrogens with two attached hydrogens (primary N) is 1. The van der Waals surface area contributed by atoms with Gasteiger partial charge in [0.25, 0.3) is 0 Å². The first-order valence-electron chi connectivity index (χ1n) is 1.99. The van der Waals surface area contributed by atoms with Crippen molar-refractivity contribution in [3.05, 3.63) is 0 Å². The molecular formula is C3H12Cl2N2O. The molecule has 3 nitrogen and oxygen atoms in total. The topological polar surface area (TPSA) is 47.3 Å². The van der Waals surface area contributed by atoms with Crippen LogP contribution in [0.15, 0.2) is 0 Å². The number of hydrazine groups is 1. The second kappa shape index (κ2) is 15.7. The summed E-state index contributed by atoms with van der Waals surface area (Å²) in [4.78, 5) is 4.51. The van der Waals surface area contributed by atoms with Gasteiger partial charge in [-0.05, 0) is 6.42 Å². The monoisotopic (exact) mass is 162 g/mol. The number of halogens is 2. The smallest absolute Gasteiger partial charge is 0.0695 e. The van der Waals surface area contributed by atoms with Crippen LogP contribution in [0.25, 0.3) is 0 Å². The lowest BCUT2D eigenvalue weighted by molar-refractivity contribution is 0.0417. The summed E-state index contributed by atoms with van der Waals surface area (Å²) in [6.45, 7) is 2.69. The van der Waals surface area contributed by atoms with Crippen molar-refractivity contribution in [1.29, 1.82) is 0 Å². The van der Waals surface area contributed by atoms with Crippen LogP contribution < -0.4 is 11.4 Å². The van der Waals surface area contributed by atoms with Gasteiger partial charge in [0.1, 0.15) is 0 Å². The van der Waals surface area contributed by atoms with E-state index in [0.717, 1.165) is 6.42 Å². The average Bonchev–Trinajstić information content (AvgIpc) is 1.61. The Morgan fingerprint density at radius 1 is 1.50 bits per heavy atom. The van der Waals surface area contributed by atoms with Gasteiger partial charge in [-0.3, -0.25) is 4.84 Å². The minimum atomic E-state index is 0. The lowest BCUT2D eigenvalue weighted by Crippen LogP contribution is -2.22. The second-order valence-corrected chi connectivity index (χ2v) is 0.966. The van der Waals surface area contributed by atoms with E-state index in [2.05, 4.69) is 10.4 Å². The second-order valence-electron chi connectivity index (χ2n) is 0.966. The van der Waals surface area contributed by atoms with Gasteiger partial charge in [-0.25, -0.2) is 5.84 Å². The van der Waals surface area contributed by atoms with Crippen LogP contribution in [0, 0.1) is 0 Å². The highest BCUT2D eigenvalue weighted by molar-refractivity contribution is 5.85. The van der Waals surface area contributed by atoms with Gasteiger partial charge in [0, 0.05) is 0 Å². The minimum absolute atomic E-state index is 0. The Kier molecular flexibility index (Phi) is 30.9. The van der Waals surface area contributed by atoms with E-state index in [-0.39, 0.29) is 24.8 Å². The van der Waals surface area contributed by atoms with Crippen molar-refractivity contribution in [2.75, 3.05) is 6.61 Å². The standard InChI is InChI=1S/C3H10N2O.2ClH/c1-2-3-6-5-4;;/h5H,2-4H2,1H3;2*1H. The first-order chi connectivity index (χ1) is 2.91. The molecule has 0 aliphatic rings. The Balaban J connectivity index is -0.000000125. The number of nitrogens with one attached hydrogen (secondary N) is 1. The van der Waals surface area contributed by atoms with E-state index in [9.17, 15) is 0 Å². The highest BCUT2D eigenvalue weighted by Crippen LogP contribution is 1.69. The van der Waals surface area contributed by atoms with Crippen LogP contribution in [0.4, 0.5) is 0 Å². The molecule has 0 aliphatic carbocycles. The van der Waals surface area contributed by atoms with Gasteiger partial charge >= 0.3 is 0 Å². The fourth-order valence-electron chi connectivity index (χ4n) is 0.161. The van der Waals surface area contributed by atoms with Gasteiger partial charge in [-0.15, -0.1) is 30.4 Å². The molecular weight excluding hydrogens is 151 g/mol. The molecule has 0 fully saturated rings. The summed E-state index contributed by atoms with van der Waals surface area (Å²) >= 11 is 0. The van der Waals surface area contributed by atoms with Crippen molar-refractivity contribution >= 4 is 24.8 Å². The largest absolute Gasteiger partial charge is 0.287 e. The van der Waals surface area contributed by atoms with Gasteiger partial charge in [-0.1, -0.05) is 6.92 Å². The molecule has 0 unspecified atom stereocenters. The van der Waals surface area contributed by atoms with Crippen LogP contribution in [-0.2, 0) is 4.84 Å². The molecule has 0 spiro atoms. The molecule has 54 valence electrons. The van der Waals surface area contributed by atoms with E-state index >= 15 is 0 Å². The normalized spacial score (nSPS) is 6.75. The summed E-state index contributed by atoms with van der Waals surface area (Å²) in [5.74, 6) is 4.74. The van der Waals surface area contributed by atoms with Crippen LogP contribution in [0.1, 0.15) is 13.3 Å². The molecule has 3 N–H and O–H groups in total. The summed E-state index contributed by atoms with van der Waals surface area (Å²) in [5, 5.41) is 0. The van der Waals surface area contributed by atoms with Crippen molar-refractivity contribution < 1.29 is 4.84 Å². The molecule has 5 heteroatoms. The molecule has 0 saturated heterocycles. The lowest BCUT2D eigenvalue weighted by atomic mass is 10.5. The highest BCUT2D eigenvalue weighted by Gasteiger charge is 1.72. The third kappa shape index (κ3) is 16.1. The predicted octanol–water partition coefficient (Wildman–Crippen LogP) is 0.635. The van der Waals surface area contributed by atoms with Crippen LogP contribution in [0.5, 0.6) is 0 Å². The molecule has 0 amide bonds. The van der Waals surface area contributed by atoms with Crippen molar-refractivity contribution in [3.8, 4) is 0 Å². The Labute approximate surface area is 61.7 Å². The Hall–Kier alpha value is 0.460. The van der Waals surface area contributed by atoms with Gasteiger partial charge in [0.2, 0.25) is 0 Å². The number of hydrogen-bond acceptors (Lipinski definition) is 3. The van der Waals surface area contributed by atoms with E-state index in [0.29, 0.717) is 6.61 Å². The minimum Gasteiger partial charge on any atom is -0.287 e. The fourth-order valence-corrected chi connectivity index (χ4v) is 0.161. The van der Waals surface area contributed by atoms with Crippen molar-refractivity contribution in [2.45, 2.75) is 13.3 Å². The SMILES string of the molecule is CCCONN.Cl.Cl. The van der Waals surface area contributed by atoms with Gasteiger partial charge in [-0.2, -0.15) is 0 Å². The summed E-state index contributed by atoms with van der Waals surface area (Å²) < 4.78 is 0. The maximum Gasteiger partial charge on any atom is 0.0695 e.